The Hall–Kier alpha value is -1.39. The molecule has 0 aromatic heterocycles. The zero-order valence-electron chi connectivity index (χ0n) is 10.3. The molecular formula is C14H13BrClNO2. The summed E-state index contributed by atoms with van der Waals surface area (Å²) in [5.74, 6) is 0.877. The van der Waals surface area contributed by atoms with Crippen LogP contribution < -0.4 is 10.1 Å². The zero-order valence-corrected chi connectivity index (χ0v) is 12.6. The monoisotopic (exact) mass is 341 g/mol. The summed E-state index contributed by atoms with van der Waals surface area (Å²) in [5.41, 5.74) is 1.92. The van der Waals surface area contributed by atoms with E-state index in [4.69, 9.17) is 16.3 Å². The molecule has 0 spiro atoms. The first-order valence-electron chi connectivity index (χ1n) is 5.65. The van der Waals surface area contributed by atoms with Crippen LogP contribution in [0.2, 0.25) is 5.02 Å². The summed E-state index contributed by atoms with van der Waals surface area (Å²) in [6, 6.07) is 10.9. The summed E-state index contributed by atoms with van der Waals surface area (Å²) in [7, 11) is 1.63. The summed E-state index contributed by atoms with van der Waals surface area (Å²) in [4.78, 5) is 0. The van der Waals surface area contributed by atoms with E-state index in [9.17, 15) is 5.11 Å². The molecule has 0 fully saturated rings. The van der Waals surface area contributed by atoms with Gasteiger partial charge in [-0.1, -0.05) is 17.7 Å². The van der Waals surface area contributed by atoms with E-state index in [1.165, 1.54) is 0 Å². The van der Waals surface area contributed by atoms with Gasteiger partial charge in [0.1, 0.15) is 11.5 Å². The number of hydrogen-bond donors (Lipinski definition) is 2. The van der Waals surface area contributed by atoms with Gasteiger partial charge in [0.05, 0.1) is 17.8 Å². The largest absolute Gasteiger partial charge is 0.506 e. The van der Waals surface area contributed by atoms with Crippen molar-refractivity contribution in [2.24, 2.45) is 0 Å². The number of benzene rings is 2. The van der Waals surface area contributed by atoms with E-state index in [0.717, 1.165) is 21.5 Å². The Morgan fingerprint density at radius 2 is 2.05 bits per heavy atom. The number of phenols is 1. The van der Waals surface area contributed by atoms with E-state index in [0.29, 0.717) is 11.6 Å². The molecule has 5 heteroatoms. The van der Waals surface area contributed by atoms with Crippen LogP contribution in [-0.4, -0.2) is 12.2 Å². The SMILES string of the molecule is COc1ccc(Br)c(NCc2ccc(O)c(Cl)c2)c1. The highest BCUT2D eigenvalue weighted by Gasteiger charge is 2.04. The molecule has 0 amide bonds. The van der Waals surface area contributed by atoms with Crippen molar-refractivity contribution >= 4 is 33.2 Å². The predicted molar refractivity (Wildman–Crippen MR) is 81.1 cm³/mol. The normalized spacial score (nSPS) is 10.3. The number of ether oxygens (including phenoxy) is 1. The van der Waals surface area contributed by atoms with E-state index in [1.54, 1.807) is 19.2 Å². The van der Waals surface area contributed by atoms with E-state index < -0.39 is 0 Å². The van der Waals surface area contributed by atoms with Gasteiger partial charge in [0.2, 0.25) is 0 Å². The molecule has 19 heavy (non-hydrogen) atoms. The second-order valence-electron chi connectivity index (χ2n) is 3.99. The third-order valence-electron chi connectivity index (χ3n) is 2.67. The maximum absolute atomic E-state index is 9.36. The maximum atomic E-state index is 9.36. The average molecular weight is 343 g/mol. The molecule has 0 unspecified atom stereocenters. The van der Waals surface area contributed by atoms with E-state index >= 15 is 0 Å². The smallest absolute Gasteiger partial charge is 0.134 e. The Balaban J connectivity index is 2.11. The molecule has 0 atom stereocenters. The zero-order chi connectivity index (χ0) is 13.8. The van der Waals surface area contributed by atoms with Gasteiger partial charge in [-0.15, -0.1) is 0 Å². The van der Waals surface area contributed by atoms with Gasteiger partial charge in [-0.3, -0.25) is 0 Å². The molecule has 0 aliphatic rings. The molecule has 2 N–H and O–H groups in total. The third-order valence-corrected chi connectivity index (χ3v) is 3.66. The predicted octanol–water partition coefficient (Wildman–Crippen LogP) is 4.43. The van der Waals surface area contributed by atoms with Crippen LogP contribution in [0.15, 0.2) is 40.9 Å². The lowest BCUT2D eigenvalue weighted by atomic mass is 10.2. The molecule has 0 heterocycles. The van der Waals surface area contributed by atoms with Gasteiger partial charge >= 0.3 is 0 Å². The van der Waals surface area contributed by atoms with Gasteiger partial charge in [-0.2, -0.15) is 0 Å². The molecule has 0 saturated heterocycles. The highest BCUT2D eigenvalue weighted by molar-refractivity contribution is 9.10. The Labute approximate surface area is 125 Å². The highest BCUT2D eigenvalue weighted by Crippen LogP contribution is 2.28. The van der Waals surface area contributed by atoms with Gasteiger partial charge < -0.3 is 15.2 Å². The molecular weight excluding hydrogens is 330 g/mol. The lowest BCUT2D eigenvalue weighted by Gasteiger charge is -2.11. The van der Waals surface area contributed by atoms with Crippen molar-refractivity contribution in [2.75, 3.05) is 12.4 Å². The summed E-state index contributed by atoms with van der Waals surface area (Å²) in [6.45, 7) is 0.603. The standard InChI is InChI=1S/C14H13BrClNO2/c1-19-10-3-4-11(15)13(7-10)17-8-9-2-5-14(18)12(16)6-9/h2-7,17-18H,8H2,1H3. The molecule has 0 bridgehead atoms. The molecule has 2 aromatic rings. The van der Waals surface area contributed by atoms with Crippen LogP contribution in [0, 0.1) is 0 Å². The van der Waals surface area contributed by atoms with Crippen LogP contribution >= 0.6 is 27.5 Å². The fourth-order valence-electron chi connectivity index (χ4n) is 1.62. The van der Waals surface area contributed by atoms with Crippen LogP contribution in [0.1, 0.15) is 5.56 Å². The highest BCUT2D eigenvalue weighted by atomic mass is 79.9. The number of hydrogen-bond acceptors (Lipinski definition) is 3. The number of phenolic OH excluding ortho intramolecular Hbond substituents is 1. The van der Waals surface area contributed by atoms with E-state index in [-0.39, 0.29) is 5.75 Å². The molecule has 0 radical (unpaired) electrons. The second kappa shape index (κ2) is 6.17. The van der Waals surface area contributed by atoms with Crippen molar-refractivity contribution in [3.63, 3.8) is 0 Å². The lowest BCUT2D eigenvalue weighted by molar-refractivity contribution is 0.415. The van der Waals surface area contributed by atoms with Gasteiger partial charge in [0.25, 0.3) is 0 Å². The first kappa shape index (κ1) is 14.0. The second-order valence-corrected chi connectivity index (χ2v) is 5.25. The number of rotatable bonds is 4. The Bertz CT molecular complexity index is 590. The Morgan fingerprint density at radius 3 is 2.74 bits per heavy atom. The van der Waals surface area contributed by atoms with Crippen molar-refractivity contribution in [1.29, 1.82) is 0 Å². The van der Waals surface area contributed by atoms with Crippen LogP contribution in [0.4, 0.5) is 5.69 Å². The summed E-state index contributed by atoms with van der Waals surface area (Å²) in [6.07, 6.45) is 0. The molecule has 2 rings (SSSR count). The maximum Gasteiger partial charge on any atom is 0.134 e. The Kier molecular flexibility index (Phi) is 4.56. The van der Waals surface area contributed by atoms with Crippen LogP contribution in [-0.2, 0) is 6.54 Å². The van der Waals surface area contributed by atoms with Gasteiger partial charge in [0.15, 0.2) is 0 Å². The molecule has 0 aliphatic carbocycles. The quantitative estimate of drug-likeness (QED) is 0.863. The Morgan fingerprint density at radius 1 is 1.26 bits per heavy atom. The van der Waals surface area contributed by atoms with Crippen molar-refractivity contribution < 1.29 is 9.84 Å². The summed E-state index contributed by atoms with van der Waals surface area (Å²) < 4.78 is 6.14. The van der Waals surface area contributed by atoms with Gasteiger partial charge in [-0.05, 0) is 45.8 Å². The first-order valence-corrected chi connectivity index (χ1v) is 6.82. The fraction of sp³-hybridized carbons (Fsp3) is 0.143. The fourth-order valence-corrected chi connectivity index (χ4v) is 2.21. The minimum absolute atomic E-state index is 0.0907. The van der Waals surface area contributed by atoms with Crippen molar-refractivity contribution in [2.45, 2.75) is 6.54 Å². The molecule has 2 aromatic carbocycles. The van der Waals surface area contributed by atoms with Gasteiger partial charge in [0, 0.05) is 17.1 Å². The van der Waals surface area contributed by atoms with Crippen molar-refractivity contribution in [1.82, 2.24) is 0 Å². The van der Waals surface area contributed by atoms with Crippen LogP contribution in [0.3, 0.4) is 0 Å². The minimum Gasteiger partial charge on any atom is -0.506 e. The molecule has 0 saturated carbocycles. The molecule has 0 aliphatic heterocycles. The van der Waals surface area contributed by atoms with Crippen molar-refractivity contribution in [3.05, 3.63) is 51.5 Å². The molecule has 100 valence electrons. The van der Waals surface area contributed by atoms with Gasteiger partial charge in [-0.25, -0.2) is 0 Å². The molecule has 3 nitrogen and oxygen atoms in total. The number of aromatic hydroxyl groups is 1. The van der Waals surface area contributed by atoms with E-state index in [2.05, 4.69) is 21.2 Å². The summed E-state index contributed by atoms with van der Waals surface area (Å²) >= 11 is 9.34. The lowest BCUT2D eigenvalue weighted by Crippen LogP contribution is -2.00. The van der Waals surface area contributed by atoms with E-state index in [1.807, 2.05) is 24.3 Å². The first-order chi connectivity index (χ1) is 9.10. The topological polar surface area (TPSA) is 41.5 Å². The number of anilines is 1. The third kappa shape index (κ3) is 3.55. The summed E-state index contributed by atoms with van der Waals surface area (Å²) in [5, 5.41) is 13.0. The van der Waals surface area contributed by atoms with Crippen molar-refractivity contribution in [3.8, 4) is 11.5 Å². The minimum atomic E-state index is 0.0907. The number of methoxy groups -OCH3 is 1. The number of nitrogens with one attached hydrogen (secondary N) is 1. The average Bonchev–Trinajstić information content (AvgIpc) is 2.41. The van der Waals surface area contributed by atoms with Crippen LogP contribution in [0.25, 0.3) is 0 Å². The number of halogens is 2. The van der Waals surface area contributed by atoms with Crippen LogP contribution in [0.5, 0.6) is 11.5 Å².